The van der Waals surface area contributed by atoms with Gasteiger partial charge in [0.1, 0.15) is 5.82 Å². The molecular formula is C12H13Cl2N3. The summed E-state index contributed by atoms with van der Waals surface area (Å²) < 4.78 is 0. The van der Waals surface area contributed by atoms with Crippen LogP contribution in [0.5, 0.6) is 0 Å². The molecule has 0 atom stereocenters. The zero-order valence-corrected chi connectivity index (χ0v) is 10.7. The molecule has 0 unspecified atom stereocenters. The van der Waals surface area contributed by atoms with Gasteiger partial charge in [0.2, 0.25) is 0 Å². The Morgan fingerprint density at radius 1 is 1.18 bits per heavy atom. The highest BCUT2D eigenvalue weighted by Gasteiger charge is 2.07. The highest BCUT2D eigenvalue weighted by molar-refractivity contribution is 6.45. The molecule has 1 aromatic heterocycles. The van der Waals surface area contributed by atoms with Gasteiger partial charge in [0, 0.05) is 23.5 Å². The lowest BCUT2D eigenvalue weighted by Crippen LogP contribution is -2.09. The van der Waals surface area contributed by atoms with Crippen LogP contribution in [0.15, 0.2) is 24.4 Å². The maximum absolute atomic E-state index is 6.15. The lowest BCUT2D eigenvalue weighted by Gasteiger charge is -2.09. The Bertz CT molecular complexity index is 528. The van der Waals surface area contributed by atoms with Gasteiger partial charge >= 0.3 is 0 Å². The van der Waals surface area contributed by atoms with E-state index in [1.807, 2.05) is 12.1 Å². The highest BCUT2D eigenvalue weighted by Crippen LogP contribution is 2.33. The lowest BCUT2D eigenvalue weighted by atomic mass is 10.1. The average molecular weight is 270 g/mol. The second-order valence-electron chi connectivity index (χ2n) is 3.69. The molecule has 5 heteroatoms. The predicted octanol–water partition coefficient (Wildman–Crippen LogP) is 3.30. The van der Waals surface area contributed by atoms with Gasteiger partial charge in [0.15, 0.2) is 0 Å². The van der Waals surface area contributed by atoms with Crippen LogP contribution in [0.1, 0.15) is 6.42 Å². The van der Waals surface area contributed by atoms with Gasteiger partial charge in [-0.15, -0.1) is 0 Å². The van der Waals surface area contributed by atoms with Crippen molar-refractivity contribution in [1.82, 2.24) is 4.98 Å². The molecule has 0 spiro atoms. The van der Waals surface area contributed by atoms with Gasteiger partial charge < -0.3 is 11.1 Å². The van der Waals surface area contributed by atoms with Crippen molar-refractivity contribution in [2.45, 2.75) is 6.42 Å². The van der Waals surface area contributed by atoms with E-state index in [0.29, 0.717) is 16.6 Å². The maximum atomic E-state index is 6.15. The molecule has 17 heavy (non-hydrogen) atoms. The minimum Gasteiger partial charge on any atom is -0.370 e. The van der Waals surface area contributed by atoms with E-state index in [0.717, 1.165) is 29.6 Å². The Morgan fingerprint density at radius 2 is 2.00 bits per heavy atom. The second-order valence-corrected chi connectivity index (χ2v) is 4.47. The smallest absolute Gasteiger partial charge is 0.133 e. The summed E-state index contributed by atoms with van der Waals surface area (Å²) in [5.41, 5.74) is 5.45. The van der Waals surface area contributed by atoms with Gasteiger partial charge in [-0.25, -0.2) is 4.98 Å². The van der Waals surface area contributed by atoms with E-state index >= 15 is 0 Å². The fourth-order valence-corrected chi connectivity index (χ4v) is 2.03. The van der Waals surface area contributed by atoms with Gasteiger partial charge in [0.25, 0.3) is 0 Å². The molecule has 2 aromatic rings. The van der Waals surface area contributed by atoms with E-state index in [1.54, 1.807) is 12.3 Å². The molecule has 3 nitrogen and oxygen atoms in total. The molecule has 3 N–H and O–H groups in total. The number of hydrogen-bond acceptors (Lipinski definition) is 3. The fraction of sp³-hybridized carbons (Fsp3) is 0.250. The van der Waals surface area contributed by atoms with E-state index in [2.05, 4.69) is 10.3 Å². The molecule has 0 aliphatic rings. The number of aromatic nitrogens is 1. The minimum atomic E-state index is 0.554. The van der Waals surface area contributed by atoms with Crippen LogP contribution >= 0.6 is 23.2 Å². The van der Waals surface area contributed by atoms with Crippen molar-refractivity contribution >= 4 is 39.8 Å². The number of rotatable bonds is 4. The Balaban J connectivity index is 2.40. The molecule has 2 rings (SSSR count). The number of nitrogens with zero attached hydrogens (tertiary/aromatic N) is 1. The number of pyridine rings is 1. The molecule has 90 valence electrons. The Hall–Kier alpha value is -1.03. The normalized spacial score (nSPS) is 10.8. The molecule has 1 aromatic carbocycles. The molecule has 0 amide bonds. The van der Waals surface area contributed by atoms with Crippen LogP contribution in [-0.4, -0.2) is 18.1 Å². The maximum Gasteiger partial charge on any atom is 0.133 e. The van der Waals surface area contributed by atoms with E-state index in [-0.39, 0.29) is 0 Å². The fourth-order valence-electron chi connectivity index (χ4n) is 1.64. The van der Waals surface area contributed by atoms with Crippen LogP contribution in [0.3, 0.4) is 0 Å². The zero-order valence-electron chi connectivity index (χ0n) is 9.21. The Morgan fingerprint density at radius 3 is 2.76 bits per heavy atom. The Labute approximate surface area is 110 Å². The molecular weight excluding hydrogens is 257 g/mol. The minimum absolute atomic E-state index is 0.554. The first-order chi connectivity index (χ1) is 8.24. The third-order valence-corrected chi connectivity index (χ3v) is 3.32. The summed E-state index contributed by atoms with van der Waals surface area (Å²) in [6, 6.07) is 5.56. The van der Waals surface area contributed by atoms with Crippen LogP contribution in [0.2, 0.25) is 10.0 Å². The molecule has 0 fully saturated rings. The van der Waals surface area contributed by atoms with Crippen LogP contribution in [-0.2, 0) is 0 Å². The first kappa shape index (κ1) is 12.4. The molecule has 0 aliphatic heterocycles. The Kier molecular flexibility index (Phi) is 4.05. The van der Waals surface area contributed by atoms with E-state index < -0.39 is 0 Å². The SMILES string of the molecule is NCCCNc1nccc2c(Cl)c(Cl)ccc12. The quantitative estimate of drug-likeness (QED) is 0.838. The van der Waals surface area contributed by atoms with Crippen LogP contribution in [0.25, 0.3) is 10.8 Å². The van der Waals surface area contributed by atoms with Crippen LogP contribution in [0, 0.1) is 0 Å². The van der Waals surface area contributed by atoms with Crippen molar-refractivity contribution in [3.05, 3.63) is 34.4 Å². The first-order valence-electron chi connectivity index (χ1n) is 5.40. The molecule has 0 radical (unpaired) electrons. The van der Waals surface area contributed by atoms with Gasteiger partial charge in [-0.3, -0.25) is 0 Å². The summed E-state index contributed by atoms with van der Waals surface area (Å²) in [7, 11) is 0. The topological polar surface area (TPSA) is 50.9 Å². The molecule has 0 aliphatic carbocycles. The summed E-state index contributed by atoms with van der Waals surface area (Å²) in [6.07, 6.45) is 2.62. The number of fused-ring (bicyclic) bond motifs is 1. The number of benzene rings is 1. The molecule has 0 bridgehead atoms. The molecule has 1 heterocycles. The third kappa shape index (κ3) is 2.63. The number of nitrogens with one attached hydrogen (secondary N) is 1. The first-order valence-corrected chi connectivity index (χ1v) is 6.16. The highest BCUT2D eigenvalue weighted by atomic mass is 35.5. The average Bonchev–Trinajstić information content (AvgIpc) is 2.35. The number of halogens is 2. The van der Waals surface area contributed by atoms with E-state index in [4.69, 9.17) is 28.9 Å². The summed E-state index contributed by atoms with van der Waals surface area (Å²) in [4.78, 5) is 4.30. The summed E-state index contributed by atoms with van der Waals surface area (Å²) in [6.45, 7) is 1.45. The van der Waals surface area contributed by atoms with Gasteiger partial charge in [-0.05, 0) is 31.2 Å². The molecule has 0 saturated carbocycles. The van der Waals surface area contributed by atoms with Crippen molar-refractivity contribution in [2.24, 2.45) is 5.73 Å². The number of anilines is 1. The second kappa shape index (κ2) is 5.54. The van der Waals surface area contributed by atoms with Crippen molar-refractivity contribution in [3.8, 4) is 0 Å². The van der Waals surface area contributed by atoms with Crippen molar-refractivity contribution < 1.29 is 0 Å². The third-order valence-electron chi connectivity index (χ3n) is 2.51. The largest absolute Gasteiger partial charge is 0.370 e. The standard InChI is InChI=1S/C12H13Cl2N3/c13-10-3-2-9-8(11(10)14)4-7-17-12(9)16-6-1-5-15/h2-4,7H,1,5-6,15H2,(H,16,17). The predicted molar refractivity (Wildman–Crippen MR) is 73.9 cm³/mol. The monoisotopic (exact) mass is 269 g/mol. The summed E-state index contributed by atoms with van der Waals surface area (Å²) in [5.74, 6) is 0.814. The van der Waals surface area contributed by atoms with Crippen molar-refractivity contribution in [3.63, 3.8) is 0 Å². The van der Waals surface area contributed by atoms with E-state index in [1.165, 1.54) is 0 Å². The van der Waals surface area contributed by atoms with Gasteiger partial charge in [-0.2, -0.15) is 0 Å². The summed E-state index contributed by atoms with van der Waals surface area (Å²) >= 11 is 12.1. The zero-order chi connectivity index (χ0) is 12.3. The van der Waals surface area contributed by atoms with Crippen LogP contribution in [0.4, 0.5) is 5.82 Å². The number of hydrogen-bond donors (Lipinski definition) is 2. The number of nitrogens with two attached hydrogens (primary N) is 1. The summed E-state index contributed by atoms with van der Waals surface area (Å²) in [5, 5.41) is 6.24. The van der Waals surface area contributed by atoms with Crippen molar-refractivity contribution in [1.29, 1.82) is 0 Å². The lowest BCUT2D eigenvalue weighted by molar-refractivity contribution is 0.871. The van der Waals surface area contributed by atoms with Crippen LogP contribution < -0.4 is 11.1 Å². The van der Waals surface area contributed by atoms with Gasteiger partial charge in [0.05, 0.1) is 10.0 Å². The van der Waals surface area contributed by atoms with E-state index in [9.17, 15) is 0 Å². The van der Waals surface area contributed by atoms with Gasteiger partial charge in [-0.1, -0.05) is 23.2 Å². The van der Waals surface area contributed by atoms with Crippen molar-refractivity contribution in [2.75, 3.05) is 18.4 Å². The molecule has 0 saturated heterocycles.